The van der Waals surface area contributed by atoms with Crippen molar-refractivity contribution in [3.63, 3.8) is 0 Å². The number of hydrogen-bond donors (Lipinski definition) is 0. The van der Waals surface area contributed by atoms with E-state index in [4.69, 9.17) is 21.1 Å². The first-order chi connectivity index (χ1) is 12.7. The second-order valence-electron chi connectivity index (χ2n) is 6.09. The summed E-state index contributed by atoms with van der Waals surface area (Å²) in [6, 6.07) is 15.7. The normalized spacial score (nSPS) is 16.8. The Bertz CT molecular complexity index is 881. The average Bonchev–Trinajstić information content (AvgIpc) is 3.31. The van der Waals surface area contributed by atoms with E-state index in [1.165, 1.54) is 0 Å². The van der Waals surface area contributed by atoms with Crippen molar-refractivity contribution in [1.29, 1.82) is 0 Å². The zero-order chi connectivity index (χ0) is 17.9. The molecule has 2 aromatic carbocycles. The van der Waals surface area contributed by atoms with Crippen LogP contribution in [0.2, 0.25) is 5.02 Å². The molecular formula is C19H19ClN4O2. The number of nitrogens with zero attached hydrogens (tertiary/aromatic N) is 4. The highest BCUT2D eigenvalue weighted by Crippen LogP contribution is 2.32. The van der Waals surface area contributed by atoms with Gasteiger partial charge in [0, 0.05) is 17.3 Å². The first kappa shape index (κ1) is 16.9. The van der Waals surface area contributed by atoms with E-state index in [9.17, 15) is 0 Å². The van der Waals surface area contributed by atoms with Gasteiger partial charge in [0.1, 0.15) is 11.4 Å². The predicted octanol–water partition coefficient (Wildman–Crippen LogP) is 3.52. The molecule has 2 heterocycles. The highest BCUT2D eigenvalue weighted by molar-refractivity contribution is 6.30. The number of aromatic nitrogens is 3. The van der Waals surface area contributed by atoms with Crippen LogP contribution in [0, 0.1) is 0 Å². The van der Waals surface area contributed by atoms with Crippen LogP contribution in [0.25, 0.3) is 0 Å². The van der Waals surface area contributed by atoms with Gasteiger partial charge in [0.25, 0.3) is 0 Å². The summed E-state index contributed by atoms with van der Waals surface area (Å²) in [7, 11) is 1.66. The van der Waals surface area contributed by atoms with E-state index in [0.29, 0.717) is 18.2 Å². The van der Waals surface area contributed by atoms with Gasteiger partial charge in [-0.1, -0.05) is 28.9 Å². The molecule has 4 rings (SSSR count). The van der Waals surface area contributed by atoms with E-state index in [1.807, 2.05) is 54.7 Å². The monoisotopic (exact) mass is 370 g/mol. The zero-order valence-electron chi connectivity index (χ0n) is 14.4. The molecule has 6 nitrogen and oxygen atoms in total. The molecule has 1 aromatic heterocycles. The lowest BCUT2D eigenvalue weighted by molar-refractivity contribution is 0.110. The summed E-state index contributed by atoms with van der Waals surface area (Å²) >= 11 is 6.05. The summed E-state index contributed by atoms with van der Waals surface area (Å²) < 4.78 is 12.9. The second-order valence-corrected chi connectivity index (χ2v) is 6.52. The molecule has 1 aliphatic rings. The number of anilines is 1. The second kappa shape index (κ2) is 7.35. The van der Waals surface area contributed by atoms with Crippen LogP contribution < -0.4 is 9.64 Å². The Hall–Kier alpha value is -2.57. The molecular weight excluding hydrogens is 352 g/mol. The Morgan fingerprint density at radius 3 is 2.85 bits per heavy atom. The van der Waals surface area contributed by atoms with Crippen LogP contribution in [0.3, 0.4) is 0 Å². The maximum absolute atomic E-state index is 6.05. The molecule has 7 heteroatoms. The molecule has 26 heavy (non-hydrogen) atoms. The molecule has 1 aliphatic heterocycles. The van der Waals surface area contributed by atoms with Crippen LogP contribution in [-0.4, -0.2) is 35.3 Å². The summed E-state index contributed by atoms with van der Waals surface area (Å²) in [5.74, 6) is 0.831. The SMILES string of the molecule is COc1ccc(N2CCOC2c2cn(Cc3cccc(Cl)c3)nn2)cc1. The van der Waals surface area contributed by atoms with Crippen LogP contribution in [0.15, 0.2) is 54.7 Å². The van der Waals surface area contributed by atoms with Gasteiger partial charge in [-0.05, 0) is 42.0 Å². The van der Waals surface area contributed by atoms with Crippen LogP contribution in [-0.2, 0) is 11.3 Å². The minimum absolute atomic E-state index is 0.239. The largest absolute Gasteiger partial charge is 0.497 e. The lowest BCUT2D eigenvalue weighted by Crippen LogP contribution is -2.23. The van der Waals surface area contributed by atoms with Crippen molar-refractivity contribution in [2.75, 3.05) is 25.2 Å². The molecule has 1 saturated heterocycles. The summed E-state index contributed by atoms with van der Waals surface area (Å²) in [4.78, 5) is 2.17. The fraction of sp³-hybridized carbons (Fsp3) is 0.263. The van der Waals surface area contributed by atoms with E-state index < -0.39 is 0 Å². The molecule has 0 spiro atoms. The predicted molar refractivity (Wildman–Crippen MR) is 99.6 cm³/mol. The molecule has 0 N–H and O–H groups in total. The smallest absolute Gasteiger partial charge is 0.177 e. The Morgan fingerprint density at radius 1 is 1.23 bits per heavy atom. The fourth-order valence-corrected chi connectivity index (χ4v) is 3.29. The van der Waals surface area contributed by atoms with Crippen molar-refractivity contribution < 1.29 is 9.47 Å². The fourth-order valence-electron chi connectivity index (χ4n) is 3.08. The van der Waals surface area contributed by atoms with Gasteiger partial charge in [0.05, 0.1) is 26.5 Å². The standard InChI is InChI=1S/C19H19ClN4O2/c1-25-17-7-5-16(6-8-17)24-9-10-26-19(24)18-13-23(22-21-18)12-14-3-2-4-15(20)11-14/h2-8,11,13,19H,9-10,12H2,1H3. The quantitative estimate of drug-likeness (QED) is 0.687. The average molecular weight is 371 g/mol. The Balaban J connectivity index is 1.52. The molecule has 0 amide bonds. The van der Waals surface area contributed by atoms with Crippen molar-refractivity contribution in [3.8, 4) is 5.75 Å². The lowest BCUT2D eigenvalue weighted by Gasteiger charge is -2.23. The molecule has 1 fully saturated rings. The molecule has 134 valence electrons. The van der Waals surface area contributed by atoms with Crippen LogP contribution in [0.1, 0.15) is 17.5 Å². The summed E-state index contributed by atoms with van der Waals surface area (Å²) in [5, 5.41) is 9.27. The van der Waals surface area contributed by atoms with E-state index in [0.717, 1.165) is 29.2 Å². The van der Waals surface area contributed by atoms with E-state index >= 15 is 0 Å². The van der Waals surface area contributed by atoms with Gasteiger partial charge in [-0.15, -0.1) is 5.10 Å². The van der Waals surface area contributed by atoms with Crippen molar-refractivity contribution in [2.45, 2.75) is 12.8 Å². The van der Waals surface area contributed by atoms with Gasteiger partial charge in [-0.25, -0.2) is 4.68 Å². The molecule has 0 radical (unpaired) electrons. The third-order valence-electron chi connectivity index (χ3n) is 4.34. The highest BCUT2D eigenvalue weighted by atomic mass is 35.5. The van der Waals surface area contributed by atoms with Crippen LogP contribution in [0.4, 0.5) is 5.69 Å². The van der Waals surface area contributed by atoms with Gasteiger partial charge in [0.2, 0.25) is 0 Å². The number of rotatable bonds is 5. The van der Waals surface area contributed by atoms with E-state index in [-0.39, 0.29) is 6.23 Å². The van der Waals surface area contributed by atoms with Crippen molar-refractivity contribution in [2.24, 2.45) is 0 Å². The number of halogens is 1. The Labute approximate surface area is 156 Å². The maximum atomic E-state index is 6.05. The van der Waals surface area contributed by atoms with Crippen LogP contribution >= 0.6 is 11.6 Å². The zero-order valence-corrected chi connectivity index (χ0v) is 15.1. The van der Waals surface area contributed by atoms with Crippen LogP contribution in [0.5, 0.6) is 5.75 Å². The minimum atomic E-state index is -0.239. The number of methoxy groups -OCH3 is 1. The first-order valence-electron chi connectivity index (χ1n) is 8.40. The molecule has 1 unspecified atom stereocenters. The maximum Gasteiger partial charge on any atom is 0.177 e. The van der Waals surface area contributed by atoms with Gasteiger partial charge in [-0.2, -0.15) is 0 Å². The summed E-state index contributed by atoms with van der Waals surface area (Å²) in [6.07, 6.45) is 1.68. The van der Waals surface area contributed by atoms with E-state index in [1.54, 1.807) is 11.8 Å². The minimum Gasteiger partial charge on any atom is -0.497 e. The Kier molecular flexibility index (Phi) is 4.77. The number of hydrogen-bond acceptors (Lipinski definition) is 5. The number of ether oxygens (including phenoxy) is 2. The van der Waals surface area contributed by atoms with Gasteiger partial charge >= 0.3 is 0 Å². The van der Waals surface area contributed by atoms with Gasteiger partial charge in [-0.3, -0.25) is 0 Å². The van der Waals surface area contributed by atoms with E-state index in [2.05, 4.69) is 15.2 Å². The molecule has 3 aromatic rings. The summed E-state index contributed by atoms with van der Waals surface area (Å²) in [5.41, 5.74) is 2.94. The molecule has 1 atom stereocenters. The third-order valence-corrected chi connectivity index (χ3v) is 4.57. The molecule has 0 aliphatic carbocycles. The summed E-state index contributed by atoms with van der Waals surface area (Å²) in [6.45, 7) is 2.07. The third kappa shape index (κ3) is 3.52. The van der Waals surface area contributed by atoms with Gasteiger partial charge in [0.15, 0.2) is 6.23 Å². The Morgan fingerprint density at radius 2 is 2.08 bits per heavy atom. The molecule has 0 saturated carbocycles. The van der Waals surface area contributed by atoms with Crippen molar-refractivity contribution in [1.82, 2.24) is 15.0 Å². The molecule has 0 bridgehead atoms. The van der Waals surface area contributed by atoms with Crippen molar-refractivity contribution >= 4 is 17.3 Å². The topological polar surface area (TPSA) is 52.4 Å². The first-order valence-corrected chi connectivity index (χ1v) is 8.77. The lowest BCUT2D eigenvalue weighted by atomic mass is 10.2. The highest BCUT2D eigenvalue weighted by Gasteiger charge is 2.29. The van der Waals surface area contributed by atoms with Crippen molar-refractivity contribution in [3.05, 3.63) is 71.0 Å². The number of benzene rings is 2. The van der Waals surface area contributed by atoms with Gasteiger partial charge < -0.3 is 14.4 Å².